The molecule has 0 N–H and O–H groups in total. The van der Waals surface area contributed by atoms with E-state index < -0.39 is 11.9 Å². The number of methoxy groups -OCH3 is 2. The summed E-state index contributed by atoms with van der Waals surface area (Å²) < 4.78 is 21.3. The van der Waals surface area contributed by atoms with Crippen LogP contribution in [0.3, 0.4) is 0 Å². The van der Waals surface area contributed by atoms with Crippen LogP contribution in [0.15, 0.2) is 42.5 Å². The van der Waals surface area contributed by atoms with Crippen LogP contribution in [-0.4, -0.2) is 39.4 Å². The highest BCUT2D eigenvalue weighted by molar-refractivity contribution is 6.11. The maximum Gasteiger partial charge on any atom is 0.343 e. The van der Waals surface area contributed by atoms with Gasteiger partial charge in [0, 0.05) is 21.5 Å². The Morgan fingerprint density at radius 2 is 1.30 bits per heavy atom. The van der Waals surface area contributed by atoms with E-state index in [-0.39, 0.29) is 13.2 Å². The van der Waals surface area contributed by atoms with E-state index in [9.17, 15) is 9.59 Å². The molecule has 158 valence electrons. The average molecular weight is 410 g/mol. The van der Waals surface area contributed by atoms with Crippen molar-refractivity contribution in [1.82, 2.24) is 0 Å². The fraction of sp³-hybridized carbons (Fsp3) is 0.333. The molecule has 6 nitrogen and oxygen atoms in total. The number of fused-ring (bicyclic) bond motifs is 2. The molecule has 0 aliphatic rings. The third-order valence-electron chi connectivity index (χ3n) is 4.93. The molecule has 0 heterocycles. The highest BCUT2D eigenvalue weighted by atomic mass is 16.6. The normalized spacial score (nSPS) is 10.8. The summed E-state index contributed by atoms with van der Waals surface area (Å²) in [6.45, 7) is 1.75. The fourth-order valence-electron chi connectivity index (χ4n) is 3.37. The van der Waals surface area contributed by atoms with Crippen LogP contribution in [-0.2, 0) is 25.5 Å². The molecule has 0 fully saturated rings. The Balaban J connectivity index is 2.20. The summed E-state index contributed by atoms with van der Waals surface area (Å²) in [7, 11) is 2.65. The second kappa shape index (κ2) is 9.96. The largest absolute Gasteiger partial charge is 0.481 e. The van der Waals surface area contributed by atoms with Crippen molar-refractivity contribution in [1.29, 1.82) is 0 Å². The molecule has 30 heavy (non-hydrogen) atoms. The summed E-state index contributed by atoms with van der Waals surface area (Å²) in [6, 6.07) is 13.7. The van der Waals surface area contributed by atoms with Gasteiger partial charge in [0.25, 0.3) is 0 Å². The Morgan fingerprint density at radius 3 is 1.83 bits per heavy atom. The third kappa shape index (κ3) is 4.64. The van der Waals surface area contributed by atoms with E-state index in [2.05, 4.69) is 19.1 Å². The van der Waals surface area contributed by atoms with E-state index in [0.29, 0.717) is 11.5 Å². The first-order valence-electron chi connectivity index (χ1n) is 9.95. The number of rotatable bonds is 9. The van der Waals surface area contributed by atoms with Gasteiger partial charge in [0.1, 0.15) is 11.5 Å². The molecule has 0 radical (unpaired) electrons. The van der Waals surface area contributed by atoms with E-state index in [1.54, 1.807) is 0 Å². The molecule has 0 bridgehead atoms. The zero-order valence-electron chi connectivity index (χ0n) is 17.5. The van der Waals surface area contributed by atoms with Gasteiger partial charge < -0.3 is 18.9 Å². The van der Waals surface area contributed by atoms with Crippen LogP contribution in [0.1, 0.15) is 25.3 Å². The van der Waals surface area contributed by atoms with Crippen molar-refractivity contribution in [2.45, 2.75) is 26.2 Å². The summed E-state index contributed by atoms with van der Waals surface area (Å²) in [5.74, 6) is 0.256. The van der Waals surface area contributed by atoms with Gasteiger partial charge in [0.05, 0.1) is 14.2 Å². The summed E-state index contributed by atoms with van der Waals surface area (Å²) in [5.41, 5.74) is 1.17. The zero-order valence-corrected chi connectivity index (χ0v) is 17.5. The Morgan fingerprint density at radius 1 is 0.767 bits per heavy atom. The topological polar surface area (TPSA) is 71.1 Å². The number of carbonyl (C=O) groups is 2. The second-order valence-electron chi connectivity index (χ2n) is 6.92. The minimum absolute atomic E-state index is 0.197. The van der Waals surface area contributed by atoms with Gasteiger partial charge in [-0.05, 0) is 24.5 Å². The van der Waals surface area contributed by atoms with Crippen molar-refractivity contribution in [3.05, 3.63) is 48.0 Å². The average Bonchev–Trinajstić information content (AvgIpc) is 2.79. The number of hydrogen-bond acceptors (Lipinski definition) is 6. The lowest BCUT2D eigenvalue weighted by Crippen LogP contribution is -2.14. The number of benzene rings is 3. The first kappa shape index (κ1) is 21.4. The fourth-order valence-corrected chi connectivity index (χ4v) is 3.37. The van der Waals surface area contributed by atoms with Gasteiger partial charge in [0.15, 0.2) is 13.2 Å². The van der Waals surface area contributed by atoms with E-state index in [0.717, 1.165) is 40.8 Å². The Bertz CT molecular complexity index is 1060. The molecule has 3 aromatic carbocycles. The third-order valence-corrected chi connectivity index (χ3v) is 4.93. The van der Waals surface area contributed by atoms with Crippen LogP contribution in [0.2, 0.25) is 0 Å². The van der Waals surface area contributed by atoms with Gasteiger partial charge in [-0.3, -0.25) is 0 Å². The van der Waals surface area contributed by atoms with Gasteiger partial charge >= 0.3 is 11.9 Å². The first-order chi connectivity index (χ1) is 14.6. The smallest absolute Gasteiger partial charge is 0.343 e. The number of carbonyl (C=O) groups excluding carboxylic acids is 2. The summed E-state index contributed by atoms with van der Waals surface area (Å²) in [6.07, 6.45) is 3.10. The zero-order chi connectivity index (χ0) is 21.5. The summed E-state index contributed by atoms with van der Waals surface area (Å²) in [5, 5.41) is 3.21. The molecule has 3 rings (SSSR count). The lowest BCUT2D eigenvalue weighted by molar-refractivity contribution is -0.143. The van der Waals surface area contributed by atoms with Crippen molar-refractivity contribution in [2.75, 3.05) is 27.4 Å². The molecule has 0 atom stereocenters. The molecule has 0 aromatic heterocycles. The molecule has 0 saturated carbocycles. The summed E-state index contributed by atoms with van der Waals surface area (Å²) >= 11 is 0. The van der Waals surface area contributed by atoms with Gasteiger partial charge in [0.2, 0.25) is 0 Å². The Labute approximate surface area is 175 Å². The van der Waals surface area contributed by atoms with E-state index in [1.165, 1.54) is 19.8 Å². The number of ether oxygens (including phenoxy) is 4. The molecule has 3 aromatic rings. The molecule has 0 saturated heterocycles. The van der Waals surface area contributed by atoms with Gasteiger partial charge in [-0.15, -0.1) is 0 Å². The molecular weight excluding hydrogens is 384 g/mol. The molecule has 0 aliphatic carbocycles. The molecule has 0 aliphatic heterocycles. The Hall–Kier alpha value is -3.28. The maximum absolute atomic E-state index is 11.7. The maximum atomic E-state index is 11.7. The van der Waals surface area contributed by atoms with Crippen LogP contribution in [0.25, 0.3) is 21.5 Å². The van der Waals surface area contributed by atoms with E-state index in [1.807, 2.05) is 30.3 Å². The quantitative estimate of drug-likeness (QED) is 0.384. The monoisotopic (exact) mass is 410 g/mol. The summed E-state index contributed by atoms with van der Waals surface area (Å²) in [4.78, 5) is 23.4. The minimum Gasteiger partial charge on any atom is -0.481 e. The van der Waals surface area contributed by atoms with Crippen LogP contribution in [0.4, 0.5) is 0 Å². The number of unbranched alkanes of at least 4 members (excludes halogenated alkanes) is 1. The van der Waals surface area contributed by atoms with E-state index >= 15 is 0 Å². The van der Waals surface area contributed by atoms with Crippen molar-refractivity contribution in [2.24, 2.45) is 0 Å². The molecular formula is C24H26O6. The van der Waals surface area contributed by atoms with Crippen LogP contribution in [0.5, 0.6) is 11.5 Å². The minimum atomic E-state index is -0.460. The van der Waals surface area contributed by atoms with E-state index in [4.69, 9.17) is 18.9 Å². The highest BCUT2D eigenvalue weighted by Gasteiger charge is 2.18. The number of hydrogen-bond donors (Lipinski definition) is 0. The number of esters is 2. The van der Waals surface area contributed by atoms with Crippen molar-refractivity contribution >= 4 is 33.5 Å². The Kier molecular flexibility index (Phi) is 7.12. The van der Waals surface area contributed by atoms with Gasteiger partial charge in [-0.25, -0.2) is 9.59 Å². The van der Waals surface area contributed by atoms with Crippen LogP contribution < -0.4 is 9.47 Å². The predicted molar refractivity (Wildman–Crippen MR) is 115 cm³/mol. The van der Waals surface area contributed by atoms with Gasteiger partial charge in [-0.2, -0.15) is 0 Å². The molecule has 0 amide bonds. The molecule has 0 unspecified atom stereocenters. The standard InChI is InChI=1S/C24H26O6/c1-4-5-8-16-11-12-19-20(13-16)24(30-15-22(26)28-3)18-10-7-6-9-17(18)23(19)29-14-21(25)27-2/h6-7,9-13H,4-5,8,14-15H2,1-3H3. The molecule has 0 spiro atoms. The van der Waals surface area contributed by atoms with Crippen LogP contribution >= 0.6 is 0 Å². The van der Waals surface area contributed by atoms with Crippen molar-refractivity contribution in [3.8, 4) is 11.5 Å². The number of aryl methyl sites for hydroxylation is 1. The molecule has 6 heteroatoms. The van der Waals surface area contributed by atoms with Crippen molar-refractivity contribution in [3.63, 3.8) is 0 Å². The SMILES string of the molecule is CCCCc1ccc2c(OCC(=O)OC)c3ccccc3c(OCC(=O)OC)c2c1. The van der Waals surface area contributed by atoms with Gasteiger partial charge in [-0.1, -0.05) is 49.7 Å². The lowest BCUT2D eigenvalue weighted by atomic mass is 9.97. The first-order valence-corrected chi connectivity index (χ1v) is 9.95. The highest BCUT2D eigenvalue weighted by Crippen LogP contribution is 2.43. The second-order valence-corrected chi connectivity index (χ2v) is 6.92. The lowest BCUT2D eigenvalue weighted by Gasteiger charge is -2.18. The van der Waals surface area contributed by atoms with Crippen molar-refractivity contribution < 1.29 is 28.5 Å². The predicted octanol–water partition coefficient (Wildman–Crippen LogP) is 4.44. The van der Waals surface area contributed by atoms with Crippen LogP contribution in [0, 0.1) is 0 Å².